The summed E-state index contributed by atoms with van der Waals surface area (Å²) < 4.78 is 0. The smallest absolute Gasteiger partial charge is 0.226 e. The van der Waals surface area contributed by atoms with E-state index in [1.165, 1.54) is 0 Å². The fraction of sp³-hybridized carbons (Fsp3) is 0.462. The molecule has 0 spiro atoms. The molecule has 0 fully saturated rings. The van der Waals surface area contributed by atoms with Crippen molar-refractivity contribution in [2.24, 2.45) is 5.73 Å². The Balaban J connectivity index is 2.63. The van der Waals surface area contributed by atoms with Crippen molar-refractivity contribution in [2.75, 3.05) is 11.9 Å². The van der Waals surface area contributed by atoms with Gasteiger partial charge in [0, 0.05) is 25.2 Å². The number of hydrogen-bond donors (Lipinski definition) is 1. The molecular weight excluding hydrogens is 200 g/mol. The van der Waals surface area contributed by atoms with Gasteiger partial charge in [-0.05, 0) is 38.0 Å². The number of hydrogen-bond acceptors (Lipinski definition) is 2. The number of benzene rings is 1. The molecule has 88 valence electrons. The van der Waals surface area contributed by atoms with Gasteiger partial charge in [-0.15, -0.1) is 0 Å². The van der Waals surface area contributed by atoms with Crippen molar-refractivity contribution in [2.45, 2.75) is 32.7 Å². The van der Waals surface area contributed by atoms with Gasteiger partial charge in [-0.1, -0.05) is 12.1 Å². The number of nitrogens with two attached hydrogens (primary N) is 1. The zero-order valence-corrected chi connectivity index (χ0v) is 10.2. The zero-order chi connectivity index (χ0) is 12.1. The molecule has 0 heterocycles. The summed E-state index contributed by atoms with van der Waals surface area (Å²) in [6.07, 6.45) is 1.23. The molecule has 0 radical (unpaired) electrons. The van der Waals surface area contributed by atoms with Crippen LogP contribution in [0.1, 0.15) is 25.3 Å². The molecule has 0 saturated heterocycles. The second-order valence-electron chi connectivity index (χ2n) is 4.31. The minimum absolute atomic E-state index is 0.0786. The molecule has 2 N–H and O–H groups in total. The van der Waals surface area contributed by atoms with Crippen LogP contribution in [0.4, 0.5) is 5.69 Å². The molecule has 16 heavy (non-hydrogen) atoms. The Morgan fingerprint density at radius 2 is 2.19 bits per heavy atom. The molecule has 3 heteroatoms. The van der Waals surface area contributed by atoms with Crippen LogP contribution in [0.25, 0.3) is 0 Å². The predicted octanol–water partition coefficient (Wildman–Crippen LogP) is 2.09. The summed E-state index contributed by atoms with van der Waals surface area (Å²) in [6, 6.07) is 8.00. The van der Waals surface area contributed by atoms with E-state index in [1.807, 2.05) is 38.1 Å². The van der Waals surface area contributed by atoms with E-state index >= 15 is 0 Å². The maximum Gasteiger partial charge on any atom is 0.226 e. The Labute approximate surface area is 97.2 Å². The molecule has 0 aromatic heterocycles. The van der Waals surface area contributed by atoms with Crippen LogP contribution in [-0.4, -0.2) is 19.0 Å². The molecule has 1 atom stereocenters. The summed E-state index contributed by atoms with van der Waals surface area (Å²) in [5.74, 6) is 0.114. The number of aryl methyl sites for hydroxylation is 1. The molecule has 0 saturated carbocycles. The molecule has 3 nitrogen and oxygen atoms in total. The van der Waals surface area contributed by atoms with Gasteiger partial charge in [-0.3, -0.25) is 4.79 Å². The first kappa shape index (κ1) is 12.7. The normalized spacial score (nSPS) is 12.2. The highest BCUT2D eigenvalue weighted by Gasteiger charge is 2.11. The predicted molar refractivity (Wildman–Crippen MR) is 67.5 cm³/mol. The van der Waals surface area contributed by atoms with Gasteiger partial charge < -0.3 is 10.6 Å². The number of nitrogens with zero attached hydrogens (tertiary/aromatic N) is 1. The monoisotopic (exact) mass is 220 g/mol. The standard InChI is InChI=1S/C13H20N2O/c1-10-5-4-6-12(9-10)15(3)13(16)8-7-11(2)14/h4-6,9,11H,7-8,14H2,1-3H3. The Morgan fingerprint density at radius 1 is 1.50 bits per heavy atom. The van der Waals surface area contributed by atoms with Gasteiger partial charge in [-0.25, -0.2) is 0 Å². The van der Waals surface area contributed by atoms with Crippen molar-refractivity contribution in [3.8, 4) is 0 Å². The van der Waals surface area contributed by atoms with Crippen LogP contribution in [0, 0.1) is 6.92 Å². The van der Waals surface area contributed by atoms with E-state index < -0.39 is 0 Å². The average molecular weight is 220 g/mol. The van der Waals surface area contributed by atoms with Crippen molar-refractivity contribution >= 4 is 11.6 Å². The Hall–Kier alpha value is -1.35. The Bertz CT molecular complexity index is 361. The summed E-state index contributed by atoms with van der Waals surface area (Å²) in [6.45, 7) is 3.93. The van der Waals surface area contributed by atoms with Gasteiger partial charge in [0.15, 0.2) is 0 Å². The van der Waals surface area contributed by atoms with Crippen LogP contribution in [0.5, 0.6) is 0 Å². The molecular formula is C13H20N2O. The third kappa shape index (κ3) is 3.66. The van der Waals surface area contributed by atoms with E-state index in [4.69, 9.17) is 5.73 Å². The highest BCUT2D eigenvalue weighted by atomic mass is 16.2. The van der Waals surface area contributed by atoms with E-state index in [9.17, 15) is 4.79 Å². The molecule has 1 aromatic rings. The number of anilines is 1. The largest absolute Gasteiger partial charge is 0.328 e. The Morgan fingerprint density at radius 3 is 2.75 bits per heavy atom. The second-order valence-corrected chi connectivity index (χ2v) is 4.31. The Kier molecular flexibility index (Phi) is 4.50. The number of amides is 1. The first-order valence-corrected chi connectivity index (χ1v) is 5.59. The van der Waals surface area contributed by atoms with E-state index in [0.29, 0.717) is 6.42 Å². The third-order valence-electron chi connectivity index (χ3n) is 2.58. The summed E-state index contributed by atoms with van der Waals surface area (Å²) >= 11 is 0. The maximum absolute atomic E-state index is 11.8. The summed E-state index contributed by atoms with van der Waals surface area (Å²) in [5.41, 5.74) is 7.73. The molecule has 0 aliphatic carbocycles. The van der Waals surface area contributed by atoms with E-state index in [1.54, 1.807) is 11.9 Å². The molecule has 0 aliphatic heterocycles. The van der Waals surface area contributed by atoms with Crippen LogP contribution in [0.3, 0.4) is 0 Å². The van der Waals surface area contributed by atoms with Crippen LogP contribution < -0.4 is 10.6 Å². The number of rotatable bonds is 4. The van der Waals surface area contributed by atoms with Crippen LogP contribution in [-0.2, 0) is 4.79 Å². The lowest BCUT2D eigenvalue weighted by Crippen LogP contribution is -2.28. The van der Waals surface area contributed by atoms with E-state index in [0.717, 1.165) is 17.7 Å². The van der Waals surface area contributed by atoms with Gasteiger partial charge in [-0.2, -0.15) is 0 Å². The van der Waals surface area contributed by atoms with Crippen molar-refractivity contribution < 1.29 is 4.79 Å². The van der Waals surface area contributed by atoms with Crippen LogP contribution in [0.15, 0.2) is 24.3 Å². The summed E-state index contributed by atoms with van der Waals surface area (Å²) in [5, 5.41) is 0. The second kappa shape index (κ2) is 5.66. The quantitative estimate of drug-likeness (QED) is 0.844. The number of carbonyl (C=O) groups excluding carboxylic acids is 1. The summed E-state index contributed by atoms with van der Waals surface area (Å²) in [4.78, 5) is 13.5. The fourth-order valence-corrected chi connectivity index (χ4v) is 1.50. The van der Waals surface area contributed by atoms with Gasteiger partial charge in [0.1, 0.15) is 0 Å². The van der Waals surface area contributed by atoms with Crippen molar-refractivity contribution in [1.82, 2.24) is 0 Å². The maximum atomic E-state index is 11.8. The third-order valence-corrected chi connectivity index (χ3v) is 2.58. The van der Waals surface area contributed by atoms with Crippen LogP contribution >= 0.6 is 0 Å². The molecule has 0 aliphatic rings. The SMILES string of the molecule is Cc1cccc(N(C)C(=O)CCC(C)N)c1. The lowest BCUT2D eigenvalue weighted by molar-refractivity contribution is -0.118. The topological polar surface area (TPSA) is 46.3 Å². The van der Waals surface area contributed by atoms with E-state index in [2.05, 4.69) is 0 Å². The van der Waals surface area contributed by atoms with Crippen molar-refractivity contribution in [1.29, 1.82) is 0 Å². The molecule has 1 aromatic carbocycles. The van der Waals surface area contributed by atoms with Crippen molar-refractivity contribution in [3.63, 3.8) is 0 Å². The minimum atomic E-state index is 0.0786. The van der Waals surface area contributed by atoms with E-state index in [-0.39, 0.29) is 11.9 Å². The zero-order valence-electron chi connectivity index (χ0n) is 10.2. The molecule has 1 rings (SSSR count). The first-order chi connectivity index (χ1) is 7.50. The van der Waals surface area contributed by atoms with Crippen LogP contribution in [0.2, 0.25) is 0 Å². The average Bonchev–Trinajstić information content (AvgIpc) is 2.24. The summed E-state index contributed by atoms with van der Waals surface area (Å²) in [7, 11) is 1.80. The van der Waals surface area contributed by atoms with Crippen molar-refractivity contribution in [3.05, 3.63) is 29.8 Å². The highest BCUT2D eigenvalue weighted by molar-refractivity contribution is 5.92. The number of carbonyl (C=O) groups is 1. The lowest BCUT2D eigenvalue weighted by atomic mass is 10.1. The first-order valence-electron chi connectivity index (χ1n) is 5.59. The van der Waals surface area contributed by atoms with Gasteiger partial charge in [0.05, 0.1) is 0 Å². The molecule has 1 unspecified atom stereocenters. The molecule has 0 bridgehead atoms. The molecule has 1 amide bonds. The lowest BCUT2D eigenvalue weighted by Gasteiger charge is -2.18. The highest BCUT2D eigenvalue weighted by Crippen LogP contribution is 2.15. The fourth-order valence-electron chi connectivity index (χ4n) is 1.50. The minimum Gasteiger partial charge on any atom is -0.328 e. The van der Waals surface area contributed by atoms with Gasteiger partial charge in [0.25, 0.3) is 0 Å². The van der Waals surface area contributed by atoms with Gasteiger partial charge >= 0.3 is 0 Å². The van der Waals surface area contributed by atoms with Gasteiger partial charge in [0.2, 0.25) is 5.91 Å².